The van der Waals surface area contributed by atoms with E-state index >= 15 is 0 Å². The van der Waals surface area contributed by atoms with Gasteiger partial charge in [-0.05, 0) is 25.8 Å². The van der Waals surface area contributed by atoms with E-state index < -0.39 is 0 Å². The van der Waals surface area contributed by atoms with E-state index in [1.165, 1.54) is 0 Å². The van der Waals surface area contributed by atoms with Crippen LogP contribution < -0.4 is 5.73 Å². The second kappa shape index (κ2) is 8.50. The van der Waals surface area contributed by atoms with Crippen LogP contribution in [0.4, 0.5) is 0 Å². The van der Waals surface area contributed by atoms with Gasteiger partial charge >= 0.3 is 0 Å². The van der Waals surface area contributed by atoms with Crippen molar-refractivity contribution in [3.8, 4) is 0 Å². The minimum atomic E-state index is 0.0714. The molecule has 0 aromatic carbocycles. The molecule has 1 saturated heterocycles. The van der Waals surface area contributed by atoms with Crippen molar-refractivity contribution in [3.05, 3.63) is 0 Å². The molecule has 0 unspecified atom stereocenters. The first kappa shape index (κ1) is 13.4. The van der Waals surface area contributed by atoms with Gasteiger partial charge in [-0.25, -0.2) is 0 Å². The van der Waals surface area contributed by atoms with E-state index in [9.17, 15) is 4.79 Å². The van der Waals surface area contributed by atoms with Crippen molar-refractivity contribution >= 4 is 5.91 Å². The number of unbranched alkanes of at least 4 members (excludes halogenated alkanes) is 2. The molecule has 1 fully saturated rings. The lowest BCUT2D eigenvalue weighted by Crippen LogP contribution is -2.42. The Labute approximate surface area is 96.9 Å². The molecule has 2 N–H and O–H groups in total. The van der Waals surface area contributed by atoms with E-state index in [1.807, 2.05) is 0 Å². The third-order valence-electron chi connectivity index (χ3n) is 2.58. The van der Waals surface area contributed by atoms with Crippen LogP contribution in [0.1, 0.15) is 19.3 Å². The molecule has 0 saturated carbocycles. The topological polar surface area (TPSA) is 64.8 Å². The van der Waals surface area contributed by atoms with Crippen LogP contribution in [0, 0.1) is 0 Å². The number of carbonyl (C=O) groups excluding carboxylic acids is 1. The summed E-state index contributed by atoms with van der Waals surface area (Å²) in [5.41, 5.74) is 5.38. The normalized spacial score (nSPS) is 16.4. The molecular weight excluding hydrogens is 208 g/mol. The lowest BCUT2D eigenvalue weighted by molar-refractivity contribution is -0.140. The molecule has 5 heteroatoms. The zero-order valence-corrected chi connectivity index (χ0v) is 9.82. The van der Waals surface area contributed by atoms with Gasteiger partial charge in [0.1, 0.15) is 6.61 Å². The van der Waals surface area contributed by atoms with Crippen LogP contribution in [0.25, 0.3) is 0 Å². The van der Waals surface area contributed by atoms with E-state index in [-0.39, 0.29) is 12.5 Å². The second-order valence-electron chi connectivity index (χ2n) is 3.90. The van der Waals surface area contributed by atoms with Gasteiger partial charge in [0.2, 0.25) is 5.91 Å². The summed E-state index contributed by atoms with van der Waals surface area (Å²) >= 11 is 0. The minimum absolute atomic E-state index is 0.0714. The fourth-order valence-corrected chi connectivity index (χ4v) is 1.59. The van der Waals surface area contributed by atoms with Crippen molar-refractivity contribution in [2.75, 3.05) is 46.1 Å². The third-order valence-corrected chi connectivity index (χ3v) is 2.58. The zero-order chi connectivity index (χ0) is 11.6. The number of carbonyl (C=O) groups is 1. The van der Waals surface area contributed by atoms with Crippen molar-refractivity contribution in [2.45, 2.75) is 19.3 Å². The highest BCUT2D eigenvalue weighted by Gasteiger charge is 2.16. The summed E-state index contributed by atoms with van der Waals surface area (Å²) in [6.45, 7) is 4.24. The van der Waals surface area contributed by atoms with Crippen LogP contribution in [0.5, 0.6) is 0 Å². The number of morpholine rings is 1. The molecule has 1 amide bonds. The summed E-state index contributed by atoms with van der Waals surface area (Å²) in [5.74, 6) is 0.0714. The summed E-state index contributed by atoms with van der Waals surface area (Å²) in [6.07, 6.45) is 3.08. The van der Waals surface area contributed by atoms with Gasteiger partial charge in [-0.1, -0.05) is 0 Å². The predicted molar refractivity (Wildman–Crippen MR) is 61.1 cm³/mol. The van der Waals surface area contributed by atoms with Gasteiger partial charge in [0.15, 0.2) is 0 Å². The molecule has 16 heavy (non-hydrogen) atoms. The number of hydrogen-bond acceptors (Lipinski definition) is 4. The zero-order valence-electron chi connectivity index (χ0n) is 9.82. The first-order valence-electron chi connectivity index (χ1n) is 5.98. The van der Waals surface area contributed by atoms with Gasteiger partial charge < -0.3 is 20.1 Å². The Bertz CT molecular complexity index is 194. The SMILES string of the molecule is NCCCCCOCC(=O)N1CCOCC1. The molecule has 1 rings (SSSR count). The van der Waals surface area contributed by atoms with Crippen LogP contribution in [-0.2, 0) is 14.3 Å². The predicted octanol–water partition coefficient (Wildman–Crippen LogP) is -0.00920. The summed E-state index contributed by atoms with van der Waals surface area (Å²) in [5, 5.41) is 0. The number of nitrogens with zero attached hydrogens (tertiary/aromatic N) is 1. The average molecular weight is 230 g/mol. The Morgan fingerprint density at radius 2 is 2.00 bits per heavy atom. The molecule has 1 heterocycles. The van der Waals surface area contributed by atoms with Crippen LogP contribution >= 0.6 is 0 Å². The molecule has 0 atom stereocenters. The average Bonchev–Trinajstić information content (AvgIpc) is 2.34. The van der Waals surface area contributed by atoms with Gasteiger partial charge in [-0.3, -0.25) is 4.79 Å². The Morgan fingerprint density at radius 1 is 1.25 bits per heavy atom. The first-order valence-corrected chi connectivity index (χ1v) is 5.98. The van der Waals surface area contributed by atoms with E-state index in [0.717, 1.165) is 25.8 Å². The number of amides is 1. The number of hydrogen-bond donors (Lipinski definition) is 1. The fourth-order valence-electron chi connectivity index (χ4n) is 1.59. The van der Waals surface area contributed by atoms with E-state index in [1.54, 1.807) is 4.90 Å². The fraction of sp³-hybridized carbons (Fsp3) is 0.909. The lowest BCUT2D eigenvalue weighted by atomic mass is 10.2. The largest absolute Gasteiger partial charge is 0.378 e. The van der Waals surface area contributed by atoms with Crippen molar-refractivity contribution in [2.24, 2.45) is 5.73 Å². The third kappa shape index (κ3) is 5.44. The Hall–Kier alpha value is -0.650. The van der Waals surface area contributed by atoms with E-state index in [4.69, 9.17) is 15.2 Å². The highest BCUT2D eigenvalue weighted by molar-refractivity contribution is 5.77. The highest BCUT2D eigenvalue weighted by atomic mass is 16.5. The van der Waals surface area contributed by atoms with Crippen LogP contribution in [0.2, 0.25) is 0 Å². The Morgan fingerprint density at radius 3 is 2.69 bits per heavy atom. The lowest BCUT2D eigenvalue weighted by Gasteiger charge is -2.26. The van der Waals surface area contributed by atoms with Crippen molar-refractivity contribution in [1.82, 2.24) is 4.90 Å². The monoisotopic (exact) mass is 230 g/mol. The van der Waals surface area contributed by atoms with Crippen molar-refractivity contribution in [1.29, 1.82) is 0 Å². The Kier molecular flexibility index (Phi) is 7.12. The maximum Gasteiger partial charge on any atom is 0.248 e. The van der Waals surface area contributed by atoms with Gasteiger partial charge in [0.05, 0.1) is 13.2 Å². The maximum absolute atomic E-state index is 11.6. The molecule has 0 radical (unpaired) electrons. The van der Waals surface area contributed by atoms with Crippen molar-refractivity contribution in [3.63, 3.8) is 0 Å². The van der Waals surface area contributed by atoms with Gasteiger partial charge in [0.25, 0.3) is 0 Å². The molecule has 0 bridgehead atoms. The van der Waals surface area contributed by atoms with Crippen LogP contribution in [0.3, 0.4) is 0 Å². The molecular formula is C11H22N2O3. The van der Waals surface area contributed by atoms with Crippen LogP contribution in [-0.4, -0.2) is 56.9 Å². The molecule has 0 spiro atoms. The quantitative estimate of drug-likeness (QED) is 0.625. The minimum Gasteiger partial charge on any atom is -0.378 e. The van der Waals surface area contributed by atoms with Gasteiger partial charge in [-0.2, -0.15) is 0 Å². The molecule has 5 nitrogen and oxygen atoms in total. The molecule has 0 aromatic rings. The molecule has 94 valence electrons. The summed E-state index contributed by atoms with van der Waals surface area (Å²) in [6, 6.07) is 0. The van der Waals surface area contributed by atoms with Gasteiger partial charge in [-0.15, -0.1) is 0 Å². The summed E-state index contributed by atoms with van der Waals surface area (Å²) < 4.78 is 10.5. The van der Waals surface area contributed by atoms with E-state index in [2.05, 4.69) is 0 Å². The molecule has 0 aliphatic carbocycles. The van der Waals surface area contributed by atoms with Gasteiger partial charge in [0, 0.05) is 19.7 Å². The first-order chi connectivity index (χ1) is 7.84. The molecule has 1 aliphatic heterocycles. The Balaban J connectivity index is 1.97. The summed E-state index contributed by atoms with van der Waals surface area (Å²) in [4.78, 5) is 13.4. The number of rotatable bonds is 7. The molecule has 0 aromatic heterocycles. The number of nitrogens with two attached hydrogens (primary N) is 1. The van der Waals surface area contributed by atoms with E-state index in [0.29, 0.717) is 32.9 Å². The molecule has 1 aliphatic rings. The number of ether oxygens (including phenoxy) is 2. The highest BCUT2D eigenvalue weighted by Crippen LogP contribution is 1.99. The van der Waals surface area contributed by atoms with Crippen molar-refractivity contribution < 1.29 is 14.3 Å². The smallest absolute Gasteiger partial charge is 0.248 e. The maximum atomic E-state index is 11.6. The standard InChI is InChI=1S/C11H22N2O3/c12-4-2-1-3-7-16-10-11(14)13-5-8-15-9-6-13/h1-10,12H2. The second-order valence-corrected chi connectivity index (χ2v) is 3.90. The van der Waals surface area contributed by atoms with Crippen LogP contribution in [0.15, 0.2) is 0 Å². The summed E-state index contributed by atoms with van der Waals surface area (Å²) in [7, 11) is 0.